The molecule has 1 saturated carbocycles. The molecule has 1 aromatic rings. The molecule has 0 amide bonds. The maximum Gasteiger partial charge on any atom is 0.305 e. The van der Waals surface area contributed by atoms with Gasteiger partial charge in [0, 0.05) is 18.2 Å². The molecule has 0 aromatic carbocycles. The Hall–Kier alpha value is -1.85. The second kappa shape index (κ2) is 4.99. The maximum atomic E-state index is 10.5. The predicted octanol–water partition coefficient (Wildman–Crippen LogP) is 1.33. The number of hydrogen-bond donors (Lipinski definition) is 3. The van der Waals surface area contributed by atoms with E-state index in [1.807, 2.05) is 6.92 Å². The van der Waals surface area contributed by atoms with Crippen molar-refractivity contribution in [2.24, 2.45) is 0 Å². The number of carbonyl (C=O) groups is 1. The third kappa shape index (κ3) is 3.90. The van der Waals surface area contributed by atoms with Crippen molar-refractivity contribution in [3.05, 3.63) is 12.4 Å². The van der Waals surface area contributed by atoms with Crippen LogP contribution in [0.4, 0.5) is 11.6 Å². The minimum Gasteiger partial charge on any atom is -0.481 e. The average Bonchev–Trinajstić information content (AvgIpc) is 3.00. The number of carboxylic acid groups (broad SMARTS) is 1. The number of aromatic nitrogens is 2. The van der Waals surface area contributed by atoms with Gasteiger partial charge in [-0.1, -0.05) is 0 Å². The van der Waals surface area contributed by atoms with E-state index in [0.717, 1.165) is 5.82 Å². The molecule has 92 valence electrons. The standard InChI is InChI=1S/C11H16N4O2/c1-7(4-11(16)17)14-9-5-10(13-6-12-9)15-8-2-3-8/h5-8H,2-4H2,1H3,(H,16,17)(H2,12,13,14,15). The number of nitrogens with zero attached hydrogens (tertiary/aromatic N) is 2. The van der Waals surface area contributed by atoms with Gasteiger partial charge in [-0.2, -0.15) is 0 Å². The molecule has 1 unspecified atom stereocenters. The molecule has 6 nitrogen and oxygen atoms in total. The Bertz CT molecular complexity index is 406. The van der Waals surface area contributed by atoms with E-state index in [2.05, 4.69) is 20.6 Å². The van der Waals surface area contributed by atoms with Crippen molar-refractivity contribution in [3.63, 3.8) is 0 Å². The van der Waals surface area contributed by atoms with E-state index in [0.29, 0.717) is 11.9 Å². The number of nitrogens with one attached hydrogen (secondary N) is 2. The molecule has 0 aliphatic heterocycles. The van der Waals surface area contributed by atoms with Crippen LogP contribution in [0.3, 0.4) is 0 Å². The Kier molecular flexibility index (Phi) is 3.41. The van der Waals surface area contributed by atoms with Crippen LogP contribution in [0.2, 0.25) is 0 Å². The zero-order chi connectivity index (χ0) is 12.3. The van der Waals surface area contributed by atoms with Crippen LogP contribution in [0, 0.1) is 0 Å². The second-order valence-corrected chi connectivity index (χ2v) is 4.35. The third-order valence-electron chi connectivity index (χ3n) is 2.47. The second-order valence-electron chi connectivity index (χ2n) is 4.35. The zero-order valence-electron chi connectivity index (χ0n) is 9.68. The first kappa shape index (κ1) is 11.6. The highest BCUT2D eigenvalue weighted by Gasteiger charge is 2.21. The first-order chi connectivity index (χ1) is 8.13. The predicted molar refractivity (Wildman–Crippen MR) is 64.0 cm³/mol. The lowest BCUT2D eigenvalue weighted by molar-refractivity contribution is -0.137. The van der Waals surface area contributed by atoms with Gasteiger partial charge in [-0.15, -0.1) is 0 Å². The van der Waals surface area contributed by atoms with Crippen LogP contribution >= 0.6 is 0 Å². The van der Waals surface area contributed by atoms with E-state index in [1.165, 1.54) is 19.2 Å². The summed E-state index contributed by atoms with van der Waals surface area (Å²) in [5.74, 6) is 0.611. The van der Waals surface area contributed by atoms with E-state index in [9.17, 15) is 4.79 Å². The monoisotopic (exact) mass is 236 g/mol. The van der Waals surface area contributed by atoms with Crippen LogP contribution in [0.5, 0.6) is 0 Å². The molecular formula is C11H16N4O2. The summed E-state index contributed by atoms with van der Waals surface area (Å²) < 4.78 is 0. The Balaban J connectivity index is 1.92. The van der Waals surface area contributed by atoms with Crippen molar-refractivity contribution < 1.29 is 9.90 Å². The van der Waals surface area contributed by atoms with Crippen molar-refractivity contribution in [1.29, 1.82) is 0 Å². The summed E-state index contributed by atoms with van der Waals surface area (Å²) >= 11 is 0. The Morgan fingerprint density at radius 1 is 1.53 bits per heavy atom. The van der Waals surface area contributed by atoms with E-state index in [1.54, 1.807) is 6.07 Å². The molecule has 1 heterocycles. The van der Waals surface area contributed by atoms with Crippen LogP contribution in [-0.4, -0.2) is 33.1 Å². The third-order valence-corrected chi connectivity index (χ3v) is 2.47. The van der Waals surface area contributed by atoms with Gasteiger partial charge in [-0.05, 0) is 19.8 Å². The highest BCUT2D eigenvalue weighted by molar-refractivity contribution is 5.68. The molecule has 0 spiro atoms. The molecule has 1 fully saturated rings. The summed E-state index contributed by atoms with van der Waals surface area (Å²) in [6, 6.07) is 2.18. The van der Waals surface area contributed by atoms with Crippen LogP contribution < -0.4 is 10.6 Å². The average molecular weight is 236 g/mol. The molecule has 0 saturated heterocycles. The molecule has 1 aromatic heterocycles. The van der Waals surface area contributed by atoms with Gasteiger partial charge in [0.05, 0.1) is 6.42 Å². The van der Waals surface area contributed by atoms with Crippen LogP contribution in [0.25, 0.3) is 0 Å². The summed E-state index contributed by atoms with van der Waals surface area (Å²) in [6.07, 6.45) is 3.90. The van der Waals surface area contributed by atoms with Crippen LogP contribution in [0.1, 0.15) is 26.2 Å². The van der Waals surface area contributed by atoms with E-state index in [4.69, 9.17) is 5.11 Å². The number of hydrogen-bond acceptors (Lipinski definition) is 5. The topological polar surface area (TPSA) is 87.1 Å². The summed E-state index contributed by atoms with van der Waals surface area (Å²) in [5, 5.41) is 15.0. The van der Waals surface area contributed by atoms with Gasteiger partial charge in [-0.3, -0.25) is 4.79 Å². The number of anilines is 2. The lowest BCUT2D eigenvalue weighted by atomic mass is 10.2. The van der Waals surface area contributed by atoms with Gasteiger partial charge in [0.1, 0.15) is 18.0 Å². The molecule has 0 radical (unpaired) electrons. The van der Waals surface area contributed by atoms with Crippen molar-refractivity contribution in [2.45, 2.75) is 38.3 Å². The van der Waals surface area contributed by atoms with Crippen molar-refractivity contribution in [2.75, 3.05) is 10.6 Å². The number of aliphatic carboxylic acids is 1. The molecule has 2 rings (SSSR count). The van der Waals surface area contributed by atoms with Gasteiger partial charge < -0.3 is 15.7 Å². The number of carboxylic acids is 1. The molecule has 1 aliphatic rings. The van der Waals surface area contributed by atoms with Crippen molar-refractivity contribution in [1.82, 2.24) is 9.97 Å². The summed E-state index contributed by atoms with van der Waals surface area (Å²) in [5.41, 5.74) is 0. The number of rotatable bonds is 6. The fraction of sp³-hybridized carbons (Fsp3) is 0.545. The molecule has 1 atom stereocenters. The Morgan fingerprint density at radius 3 is 2.88 bits per heavy atom. The van der Waals surface area contributed by atoms with Crippen molar-refractivity contribution >= 4 is 17.6 Å². The molecule has 3 N–H and O–H groups in total. The molecule has 6 heteroatoms. The van der Waals surface area contributed by atoms with Gasteiger partial charge in [0.2, 0.25) is 0 Å². The highest BCUT2D eigenvalue weighted by atomic mass is 16.4. The molecular weight excluding hydrogens is 220 g/mol. The van der Waals surface area contributed by atoms with Gasteiger partial charge >= 0.3 is 5.97 Å². The lowest BCUT2D eigenvalue weighted by Crippen LogP contribution is -2.20. The summed E-state index contributed by atoms with van der Waals surface area (Å²) in [4.78, 5) is 18.7. The van der Waals surface area contributed by atoms with E-state index < -0.39 is 5.97 Å². The first-order valence-electron chi connectivity index (χ1n) is 5.70. The Labute approximate surface area is 99.5 Å². The van der Waals surface area contributed by atoms with Crippen LogP contribution in [-0.2, 0) is 4.79 Å². The lowest BCUT2D eigenvalue weighted by Gasteiger charge is -2.12. The summed E-state index contributed by atoms with van der Waals surface area (Å²) in [7, 11) is 0. The molecule has 0 bridgehead atoms. The van der Waals surface area contributed by atoms with Gasteiger partial charge in [0.25, 0.3) is 0 Å². The maximum absolute atomic E-state index is 10.5. The normalized spacial score (nSPS) is 16.3. The zero-order valence-corrected chi connectivity index (χ0v) is 9.68. The quantitative estimate of drug-likeness (QED) is 0.690. The smallest absolute Gasteiger partial charge is 0.305 e. The first-order valence-corrected chi connectivity index (χ1v) is 5.70. The highest BCUT2D eigenvalue weighted by Crippen LogP contribution is 2.24. The van der Waals surface area contributed by atoms with Gasteiger partial charge in [-0.25, -0.2) is 9.97 Å². The minimum atomic E-state index is -0.824. The fourth-order valence-corrected chi connectivity index (χ4v) is 1.52. The van der Waals surface area contributed by atoms with E-state index in [-0.39, 0.29) is 12.5 Å². The summed E-state index contributed by atoms with van der Waals surface area (Å²) in [6.45, 7) is 1.81. The fourth-order valence-electron chi connectivity index (χ4n) is 1.52. The van der Waals surface area contributed by atoms with E-state index >= 15 is 0 Å². The molecule has 17 heavy (non-hydrogen) atoms. The van der Waals surface area contributed by atoms with Crippen LogP contribution in [0.15, 0.2) is 12.4 Å². The molecule has 1 aliphatic carbocycles. The minimum absolute atomic E-state index is 0.0649. The largest absolute Gasteiger partial charge is 0.481 e. The van der Waals surface area contributed by atoms with Crippen molar-refractivity contribution in [3.8, 4) is 0 Å². The SMILES string of the molecule is CC(CC(=O)O)Nc1cc(NC2CC2)ncn1. The van der Waals surface area contributed by atoms with Gasteiger partial charge in [0.15, 0.2) is 0 Å². The Morgan fingerprint density at radius 2 is 2.24 bits per heavy atom.